The number of fused-ring (bicyclic) bond motifs is 7. The number of aliphatic hydroxyl groups excluding tert-OH is 8. The highest BCUT2D eigenvalue weighted by molar-refractivity contribution is 5.84. The second kappa shape index (κ2) is 21.4. The van der Waals surface area contributed by atoms with E-state index in [4.69, 9.17) is 28.4 Å². The van der Waals surface area contributed by atoms with E-state index < -0.39 is 116 Å². The Labute approximate surface area is 454 Å². The van der Waals surface area contributed by atoms with Gasteiger partial charge >= 0.3 is 0 Å². The highest BCUT2D eigenvalue weighted by Crippen LogP contribution is 2.77. The first kappa shape index (κ1) is 57.3. The zero-order chi connectivity index (χ0) is 55.3. The van der Waals surface area contributed by atoms with Gasteiger partial charge in [0.1, 0.15) is 61.0 Å². The van der Waals surface area contributed by atoms with Gasteiger partial charge in [-0.3, -0.25) is 4.79 Å². The van der Waals surface area contributed by atoms with Gasteiger partial charge in [-0.25, -0.2) is 0 Å². The minimum atomic E-state index is -1.74. The van der Waals surface area contributed by atoms with Crippen LogP contribution in [0, 0.1) is 56.7 Å². The third-order valence-electron chi connectivity index (χ3n) is 22.3. The largest absolute Gasteiger partial charge is 0.394 e. The van der Waals surface area contributed by atoms with E-state index in [1.165, 1.54) is 25.0 Å². The molecule has 2 aromatic rings. The summed E-state index contributed by atoms with van der Waals surface area (Å²) in [5.41, 5.74) is 3.59. The number of allylic oxidation sites excluding steroid dienone is 1. The van der Waals surface area contributed by atoms with Crippen molar-refractivity contribution in [1.29, 1.82) is 0 Å². The number of nitrogens with one attached hydrogen (secondary N) is 1. The monoisotopic (exact) mass is 1080 g/mol. The van der Waals surface area contributed by atoms with Gasteiger partial charge in [-0.1, -0.05) is 101 Å². The van der Waals surface area contributed by atoms with Crippen LogP contribution in [0.1, 0.15) is 125 Å². The standard InChI is InChI=1S/C61H89NO15/c1-31(2)37-21-26-61(56(71)62-29-34-15-17-36(18-16-34)35-13-11-10-12-14-35)28-27-59(8)38(43(37)61)19-20-41-58(7)24-23-42(57(5,6)40(58)22-25-60(41,59)9)75-55-52(77-54-49(69)47(67)45(65)33(4)73-54)50(70)51(39(30-63)74-55)76-53-48(68)46(66)44(64)32(3)72-53/h10-18,32-33,37-55,63-70H,1,19-30H2,2-9H3,(H,62,71)/t32-,33-,37-,38+,39+,40-,41+,42-,43+,44-,45-,46+,47+,48+,49+,50-,51+,52+,53-,54-,55-,58-,59+,60+,61-/m0/s1. The van der Waals surface area contributed by atoms with Crippen molar-refractivity contribution in [3.63, 3.8) is 0 Å². The van der Waals surface area contributed by atoms with Crippen LogP contribution in [0.2, 0.25) is 0 Å². The number of carbonyl (C=O) groups excluding carboxylic acids is 1. The van der Waals surface area contributed by atoms with Gasteiger partial charge in [0.05, 0.1) is 30.3 Å². The Balaban J connectivity index is 0.873. The fourth-order valence-corrected chi connectivity index (χ4v) is 17.7. The molecule has 0 unspecified atom stereocenters. The summed E-state index contributed by atoms with van der Waals surface area (Å²) < 4.78 is 37.5. The number of amides is 1. The zero-order valence-electron chi connectivity index (χ0n) is 46.4. The third-order valence-corrected chi connectivity index (χ3v) is 22.3. The van der Waals surface area contributed by atoms with Crippen molar-refractivity contribution in [3.05, 3.63) is 72.3 Å². The Morgan fingerprint density at radius 3 is 1.84 bits per heavy atom. The molecule has 5 saturated carbocycles. The molecule has 16 nitrogen and oxygen atoms in total. The number of rotatable bonds is 12. The molecule has 0 spiro atoms. The highest BCUT2D eigenvalue weighted by atomic mass is 16.8. The van der Waals surface area contributed by atoms with E-state index in [0.29, 0.717) is 24.8 Å². The zero-order valence-corrected chi connectivity index (χ0v) is 46.4. The minimum absolute atomic E-state index is 0.00710. The molecule has 0 radical (unpaired) electrons. The Kier molecular flexibility index (Phi) is 16.0. The lowest BCUT2D eigenvalue weighted by Gasteiger charge is -2.73. The van der Waals surface area contributed by atoms with Gasteiger partial charge in [0, 0.05) is 6.54 Å². The Morgan fingerprint density at radius 1 is 0.623 bits per heavy atom. The van der Waals surface area contributed by atoms with Crippen molar-refractivity contribution in [3.8, 4) is 11.1 Å². The molecule has 10 rings (SSSR count). The molecule has 3 saturated heterocycles. The second-order valence-electron chi connectivity index (χ2n) is 26.4. The number of hydrogen-bond acceptors (Lipinski definition) is 15. The number of ether oxygens (including phenoxy) is 6. The first-order valence-corrected chi connectivity index (χ1v) is 28.8. The normalized spacial score (nSPS) is 48.4. The lowest BCUT2D eigenvalue weighted by molar-refractivity contribution is -0.393. The van der Waals surface area contributed by atoms with Crippen LogP contribution in [0.3, 0.4) is 0 Å². The number of carbonyl (C=O) groups is 1. The molecule has 16 heteroatoms. The maximum atomic E-state index is 15.0. The lowest BCUT2D eigenvalue weighted by Crippen LogP contribution is -2.68. The SMILES string of the molecule is C=C(C)[C@@H]1CC[C@]2(C(=O)NCc3ccc(-c4ccccc4)cc3)CC[C@]3(C)[C@H](CC[C@@H]4[C@@]5(C)CC[C@H](O[C@@H]6O[C@H](CO)[C@@H](O[C@@H]7O[C@@H](C)[C@H](O)[C@@H](O)[C@H]7O)[C@H](O)[C@H]6O[C@@H]6O[C@@H](C)[C@H](O)[C@@H](O)[C@H]6O)C(C)(C)[C@@H]5CC[C@]43C)[C@@H]12. The average molecular weight is 1080 g/mol. The molecule has 8 fully saturated rings. The van der Waals surface area contributed by atoms with Crippen LogP contribution in [0.5, 0.6) is 0 Å². The molecule has 1 amide bonds. The van der Waals surface area contributed by atoms with Crippen LogP contribution in [0.25, 0.3) is 11.1 Å². The average Bonchev–Trinajstić information content (AvgIpc) is 4.02. The quantitative estimate of drug-likeness (QED) is 0.0939. The molecule has 3 heterocycles. The molecule has 0 bridgehead atoms. The first-order chi connectivity index (χ1) is 36.4. The maximum absolute atomic E-state index is 15.0. The van der Waals surface area contributed by atoms with E-state index >= 15 is 0 Å². The molecule has 0 aromatic heterocycles. The third kappa shape index (κ3) is 9.51. The molecule has 77 heavy (non-hydrogen) atoms. The maximum Gasteiger partial charge on any atom is 0.226 e. The predicted octanol–water partition coefficient (Wildman–Crippen LogP) is 5.52. The summed E-state index contributed by atoms with van der Waals surface area (Å²) in [5, 5.41) is 90.9. The van der Waals surface area contributed by atoms with Gasteiger partial charge in [0.25, 0.3) is 0 Å². The smallest absolute Gasteiger partial charge is 0.226 e. The van der Waals surface area contributed by atoms with E-state index in [0.717, 1.165) is 68.9 Å². The Morgan fingerprint density at radius 2 is 1.23 bits per heavy atom. The van der Waals surface area contributed by atoms with Gasteiger partial charge < -0.3 is 74.6 Å². The Hall–Kier alpha value is -2.91. The van der Waals surface area contributed by atoms with Crippen molar-refractivity contribution in [2.45, 2.75) is 224 Å². The van der Waals surface area contributed by atoms with Crippen LogP contribution < -0.4 is 5.32 Å². The van der Waals surface area contributed by atoms with E-state index in [1.54, 1.807) is 0 Å². The Bertz CT molecular complexity index is 2410. The molecule has 8 aliphatic rings. The topological polar surface area (TPSA) is 246 Å². The van der Waals surface area contributed by atoms with Crippen molar-refractivity contribution in [2.75, 3.05) is 6.61 Å². The van der Waals surface area contributed by atoms with Gasteiger partial charge in [0.15, 0.2) is 18.9 Å². The van der Waals surface area contributed by atoms with Crippen LogP contribution in [0.15, 0.2) is 66.7 Å². The fourth-order valence-electron chi connectivity index (χ4n) is 17.7. The summed E-state index contributed by atoms with van der Waals surface area (Å²) in [7, 11) is 0. The van der Waals surface area contributed by atoms with E-state index in [9.17, 15) is 45.6 Å². The molecular formula is C61H89NO15. The van der Waals surface area contributed by atoms with Crippen LogP contribution in [0.4, 0.5) is 0 Å². The number of hydrogen-bond donors (Lipinski definition) is 9. The summed E-state index contributed by atoms with van der Waals surface area (Å²) in [6, 6.07) is 18.9. The van der Waals surface area contributed by atoms with Crippen LogP contribution >= 0.6 is 0 Å². The first-order valence-electron chi connectivity index (χ1n) is 28.8. The summed E-state index contributed by atoms with van der Waals surface area (Å²) in [4.78, 5) is 15.0. The number of aliphatic hydroxyl groups is 8. The molecule has 9 N–H and O–H groups in total. The van der Waals surface area contributed by atoms with Gasteiger partial charge in [-0.2, -0.15) is 0 Å². The molecule has 5 aliphatic carbocycles. The van der Waals surface area contributed by atoms with E-state index in [1.807, 2.05) is 18.2 Å². The van der Waals surface area contributed by atoms with Crippen LogP contribution in [-0.2, 0) is 39.8 Å². The van der Waals surface area contributed by atoms with Gasteiger partial charge in [0.2, 0.25) is 5.91 Å². The fraction of sp³-hybridized carbons (Fsp3) is 0.754. The lowest BCUT2D eigenvalue weighted by atomic mass is 9.32. The van der Waals surface area contributed by atoms with Crippen molar-refractivity contribution in [1.82, 2.24) is 5.32 Å². The minimum Gasteiger partial charge on any atom is -0.394 e. The molecular weight excluding hydrogens is 987 g/mol. The van der Waals surface area contributed by atoms with Crippen molar-refractivity contribution in [2.24, 2.45) is 56.7 Å². The summed E-state index contributed by atoms with van der Waals surface area (Å²) in [6.45, 7) is 21.7. The second-order valence-corrected chi connectivity index (χ2v) is 26.4. The van der Waals surface area contributed by atoms with Crippen molar-refractivity contribution >= 4 is 5.91 Å². The molecule has 428 valence electrons. The van der Waals surface area contributed by atoms with Crippen LogP contribution in [-0.4, -0.2) is 152 Å². The summed E-state index contributed by atoms with van der Waals surface area (Å²) >= 11 is 0. The molecule has 25 atom stereocenters. The summed E-state index contributed by atoms with van der Waals surface area (Å²) in [5.74, 6) is 1.65. The predicted molar refractivity (Wildman–Crippen MR) is 284 cm³/mol. The van der Waals surface area contributed by atoms with Gasteiger partial charge in [-0.15, -0.1) is 0 Å². The van der Waals surface area contributed by atoms with E-state index in [2.05, 4.69) is 89.8 Å². The molecule has 2 aromatic carbocycles. The van der Waals surface area contributed by atoms with Gasteiger partial charge in [-0.05, 0) is 153 Å². The summed E-state index contributed by atoms with van der Waals surface area (Å²) in [6.07, 6.45) is -13.1. The van der Waals surface area contributed by atoms with E-state index in [-0.39, 0.29) is 39.9 Å². The molecule has 3 aliphatic heterocycles. The number of benzene rings is 2. The highest BCUT2D eigenvalue weighted by Gasteiger charge is 2.72. The van der Waals surface area contributed by atoms with Crippen molar-refractivity contribution < 1.29 is 74.1 Å².